The summed E-state index contributed by atoms with van der Waals surface area (Å²) in [7, 11) is 3.52. The largest absolute Gasteiger partial charge is 0.497 e. The summed E-state index contributed by atoms with van der Waals surface area (Å²) in [5.41, 5.74) is 0.902. The number of nitrogens with zero attached hydrogens (tertiary/aromatic N) is 3. The summed E-state index contributed by atoms with van der Waals surface area (Å²) in [4.78, 5) is 18.9. The number of urea groups is 1. The molecule has 0 saturated carbocycles. The zero-order valence-corrected chi connectivity index (χ0v) is 14.6. The van der Waals surface area contributed by atoms with Gasteiger partial charge in [-0.15, -0.1) is 0 Å². The van der Waals surface area contributed by atoms with E-state index >= 15 is 0 Å². The van der Waals surface area contributed by atoms with Crippen molar-refractivity contribution in [1.29, 1.82) is 0 Å². The number of rotatable bonds is 4. The summed E-state index contributed by atoms with van der Waals surface area (Å²) in [5.74, 6) is 1.48. The van der Waals surface area contributed by atoms with Crippen molar-refractivity contribution in [3.63, 3.8) is 0 Å². The maximum atomic E-state index is 12.7. The van der Waals surface area contributed by atoms with E-state index in [0.717, 1.165) is 17.1 Å². The van der Waals surface area contributed by atoms with E-state index in [2.05, 4.69) is 10.3 Å². The zero-order chi connectivity index (χ0) is 17.8. The first-order chi connectivity index (χ1) is 12.1. The number of ether oxygens (including phenoxy) is 1. The van der Waals surface area contributed by atoms with Crippen LogP contribution in [0.3, 0.4) is 0 Å². The molecule has 7 nitrogen and oxygen atoms in total. The Balaban J connectivity index is 1.84. The molecule has 0 spiro atoms. The second-order valence-electron chi connectivity index (χ2n) is 6.27. The monoisotopic (exact) mass is 344 g/mol. The molecule has 7 heteroatoms. The number of piperidine rings is 1. The minimum Gasteiger partial charge on any atom is -0.497 e. The molecule has 3 rings (SSSR count). The second kappa shape index (κ2) is 7.57. The van der Waals surface area contributed by atoms with Gasteiger partial charge in [0.2, 0.25) is 0 Å². The lowest BCUT2D eigenvalue weighted by molar-refractivity contribution is 0.0930. The summed E-state index contributed by atoms with van der Waals surface area (Å²) in [6.45, 7) is 1.11. The number of imidazole rings is 1. The Hall–Kier alpha value is -2.54. The molecule has 1 aliphatic rings. The number of aryl methyl sites for hydroxylation is 1. The van der Waals surface area contributed by atoms with Crippen LogP contribution in [0.5, 0.6) is 5.75 Å². The van der Waals surface area contributed by atoms with Crippen molar-refractivity contribution >= 4 is 6.03 Å². The van der Waals surface area contributed by atoms with Crippen molar-refractivity contribution in [3.05, 3.63) is 48.0 Å². The predicted molar refractivity (Wildman–Crippen MR) is 93.4 cm³/mol. The molecule has 1 aliphatic heterocycles. The highest BCUT2D eigenvalue weighted by atomic mass is 16.5. The smallest absolute Gasteiger partial charge is 0.318 e. The van der Waals surface area contributed by atoms with Crippen LogP contribution in [0.2, 0.25) is 0 Å². The van der Waals surface area contributed by atoms with Gasteiger partial charge in [0.25, 0.3) is 0 Å². The number of hydrogen-bond donors (Lipinski definition) is 2. The number of amides is 2. The predicted octanol–water partition coefficient (Wildman–Crippen LogP) is 1.68. The van der Waals surface area contributed by atoms with Crippen LogP contribution in [-0.4, -0.2) is 51.9 Å². The van der Waals surface area contributed by atoms with Crippen LogP contribution in [0.15, 0.2) is 36.7 Å². The number of hydrogen-bond acceptors (Lipinski definition) is 4. The van der Waals surface area contributed by atoms with Crippen molar-refractivity contribution < 1.29 is 14.6 Å². The molecular weight excluding hydrogens is 320 g/mol. The van der Waals surface area contributed by atoms with Crippen LogP contribution in [-0.2, 0) is 7.05 Å². The van der Waals surface area contributed by atoms with Crippen molar-refractivity contribution in [2.24, 2.45) is 7.05 Å². The fourth-order valence-corrected chi connectivity index (χ4v) is 3.06. The second-order valence-corrected chi connectivity index (χ2v) is 6.27. The molecule has 1 atom stereocenters. The highest BCUT2D eigenvalue weighted by Gasteiger charge is 2.26. The van der Waals surface area contributed by atoms with E-state index in [9.17, 15) is 9.90 Å². The SMILES string of the molecule is COc1cccc([C@H](NC(=O)N2CCC(O)CC2)c2nccn2C)c1. The first-order valence-electron chi connectivity index (χ1n) is 8.43. The van der Waals surface area contributed by atoms with Crippen molar-refractivity contribution in [3.8, 4) is 5.75 Å². The normalized spacial score (nSPS) is 16.5. The lowest BCUT2D eigenvalue weighted by Crippen LogP contribution is -2.47. The lowest BCUT2D eigenvalue weighted by atomic mass is 10.1. The van der Waals surface area contributed by atoms with Crippen molar-refractivity contribution in [2.75, 3.05) is 20.2 Å². The van der Waals surface area contributed by atoms with Crippen LogP contribution < -0.4 is 10.1 Å². The highest BCUT2D eigenvalue weighted by molar-refractivity contribution is 5.75. The van der Waals surface area contributed by atoms with Gasteiger partial charge in [0, 0.05) is 32.5 Å². The molecule has 134 valence electrons. The van der Waals surface area contributed by atoms with Gasteiger partial charge in [-0.3, -0.25) is 0 Å². The number of aromatic nitrogens is 2. The number of aliphatic hydroxyl groups excluding tert-OH is 1. The molecule has 2 N–H and O–H groups in total. The van der Waals surface area contributed by atoms with E-state index in [1.807, 2.05) is 42.1 Å². The molecule has 1 fully saturated rings. The summed E-state index contributed by atoms with van der Waals surface area (Å²) in [6, 6.07) is 7.08. The van der Waals surface area contributed by atoms with Gasteiger partial charge in [-0.25, -0.2) is 9.78 Å². The van der Waals surface area contributed by atoms with E-state index in [-0.39, 0.29) is 18.2 Å². The molecule has 1 aromatic heterocycles. The molecule has 0 unspecified atom stereocenters. The van der Waals surface area contributed by atoms with Crippen molar-refractivity contribution in [2.45, 2.75) is 25.0 Å². The summed E-state index contributed by atoms with van der Waals surface area (Å²) < 4.78 is 7.20. The molecule has 1 saturated heterocycles. The highest BCUT2D eigenvalue weighted by Crippen LogP contribution is 2.24. The van der Waals surface area contributed by atoms with E-state index in [0.29, 0.717) is 25.9 Å². The minimum atomic E-state index is -0.380. The maximum Gasteiger partial charge on any atom is 0.318 e. The minimum absolute atomic E-state index is 0.150. The molecule has 2 heterocycles. The third kappa shape index (κ3) is 3.93. The number of carbonyl (C=O) groups excluding carboxylic acids is 1. The standard InChI is InChI=1S/C18H24N4O3/c1-21-11-8-19-17(21)16(13-4-3-5-15(12-13)25-2)20-18(24)22-9-6-14(23)7-10-22/h3-5,8,11-12,14,16,23H,6-7,9-10H2,1-2H3,(H,20,24)/t16-/m0/s1. The van der Waals surface area contributed by atoms with Crippen LogP contribution in [0.25, 0.3) is 0 Å². The van der Waals surface area contributed by atoms with Gasteiger partial charge in [-0.2, -0.15) is 0 Å². The average Bonchev–Trinajstić information content (AvgIpc) is 3.06. The number of nitrogens with one attached hydrogen (secondary N) is 1. The van der Waals surface area contributed by atoms with Gasteiger partial charge < -0.3 is 24.6 Å². The van der Waals surface area contributed by atoms with Crippen LogP contribution >= 0.6 is 0 Å². The summed E-state index contributed by atoms with van der Waals surface area (Å²) >= 11 is 0. The third-order valence-corrected chi connectivity index (χ3v) is 4.56. The fraction of sp³-hybridized carbons (Fsp3) is 0.444. The van der Waals surface area contributed by atoms with Crippen molar-refractivity contribution in [1.82, 2.24) is 19.8 Å². The van der Waals surface area contributed by atoms with Crippen LogP contribution in [0.1, 0.15) is 30.3 Å². The van der Waals surface area contributed by atoms with E-state index in [1.165, 1.54) is 0 Å². The Labute approximate surface area is 147 Å². The Morgan fingerprint density at radius 1 is 1.40 bits per heavy atom. The number of methoxy groups -OCH3 is 1. The number of aliphatic hydroxyl groups is 1. The van der Waals surface area contributed by atoms with E-state index in [1.54, 1.807) is 18.2 Å². The number of carbonyl (C=O) groups is 1. The number of likely N-dealkylation sites (tertiary alicyclic amines) is 1. The third-order valence-electron chi connectivity index (χ3n) is 4.56. The molecule has 25 heavy (non-hydrogen) atoms. The Morgan fingerprint density at radius 3 is 2.80 bits per heavy atom. The average molecular weight is 344 g/mol. The molecule has 0 radical (unpaired) electrons. The van der Waals surface area contributed by atoms with Crippen LogP contribution in [0.4, 0.5) is 4.79 Å². The molecule has 1 aromatic carbocycles. The van der Waals surface area contributed by atoms with Gasteiger partial charge >= 0.3 is 6.03 Å². The maximum absolute atomic E-state index is 12.7. The van der Waals surface area contributed by atoms with E-state index in [4.69, 9.17) is 4.74 Å². The van der Waals surface area contributed by atoms with E-state index < -0.39 is 0 Å². The molecule has 0 bridgehead atoms. The van der Waals surface area contributed by atoms with Crippen LogP contribution in [0, 0.1) is 0 Å². The molecule has 0 aliphatic carbocycles. The first kappa shape index (κ1) is 17.3. The molecule has 2 aromatic rings. The summed E-state index contributed by atoms with van der Waals surface area (Å²) in [5, 5.41) is 12.7. The van der Waals surface area contributed by atoms with Gasteiger partial charge in [0.15, 0.2) is 0 Å². The lowest BCUT2D eigenvalue weighted by Gasteiger charge is -2.31. The first-order valence-corrected chi connectivity index (χ1v) is 8.43. The Morgan fingerprint density at radius 2 is 2.16 bits per heavy atom. The topological polar surface area (TPSA) is 79.6 Å². The zero-order valence-electron chi connectivity index (χ0n) is 14.6. The quantitative estimate of drug-likeness (QED) is 0.884. The Kier molecular flexibility index (Phi) is 5.23. The summed E-state index contributed by atoms with van der Waals surface area (Å²) in [6.07, 6.45) is 4.48. The van der Waals surface area contributed by atoms with Gasteiger partial charge in [-0.1, -0.05) is 12.1 Å². The molecule has 2 amide bonds. The fourth-order valence-electron chi connectivity index (χ4n) is 3.06. The number of benzene rings is 1. The molecular formula is C18H24N4O3. The Bertz CT molecular complexity index is 723. The van der Waals surface area contributed by atoms with Gasteiger partial charge in [-0.05, 0) is 30.5 Å². The van der Waals surface area contributed by atoms with Gasteiger partial charge in [0.1, 0.15) is 17.6 Å². The van der Waals surface area contributed by atoms with Gasteiger partial charge in [0.05, 0.1) is 13.2 Å².